The third kappa shape index (κ3) is 2.53. The van der Waals surface area contributed by atoms with E-state index in [2.05, 4.69) is 0 Å². The summed E-state index contributed by atoms with van der Waals surface area (Å²) in [4.78, 5) is 10.4. The third-order valence-electron chi connectivity index (χ3n) is 1.50. The van der Waals surface area contributed by atoms with Crippen molar-refractivity contribution in [3.63, 3.8) is 0 Å². The molecule has 0 aliphatic carbocycles. The van der Waals surface area contributed by atoms with Crippen LogP contribution in [0.2, 0.25) is 0 Å². The van der Waals surface area contributed by atoms with Gasteiger partial charge in [-0.05, 0) is 13.3 Å². The first kappa shape index (κ1) is 11.5. The first-order valence-corrected chi connectivity index (χ1v) is 4.82. The monoisotopic (exact) mass is 198 g/mol. The second-order valence-corrected chi connectivity index (χ2v) is 4.27. The molecule has 12 heavy (non-hydrogen) atoms. The van der Waals surface area contributed by atoms with E-state index in [4.69, 9.17) is 4.55 Å². The van der Waals surface area contributed by atoms with Crippen molar-refractivity contribution >= 4 is 15.9 Å². The van der Waals surface area contributed by atoms with Gasteiger partial charge in [-0.1, -0.05) is 6.92 Å². The van der Waals surface area contributed by atoms with E-state index < -0.39 is 33.7 Å². The highest BCUT2D eigenvalue weighted by Gasteiger charge is 2.42. The van der Waals surface area contributed by atoms with Crippen LogP contribution in [-0.4, -0.2) is 23.8 Å². The first-order chi connectivity index (χ1) is 5.23. The Kier molecular flexibility index (Phi) is 3.34. The Morgan fingerprint density at radius 1 is 1.58 bits per heavy atom. The molecule has 0 fully saturated rings. The van der Waals surface area contributed by atoms with E-state index in [1.807, 2.05) is 0 Å². The quantitative estimate of drug-likeness (QED) is 0.682. The molecule has 0 spiro atoms. The number of carbonyl (C=O) groups excluding carboxylic acids is 1. The zero-order chi connectivity index (χ0) is 9.99. The fourth-order valence-corrected chi connectivity index (χ4v) is 1.52. The van der Waals surface area contributed by atoms with Gasteiger partial charge in [0.25, 0.3) is 0 Å². The summed E-state index contributed by atoms with van der Waals surface area (Å²) in [6.45, 7) is 2.31. The maximum absolute atomic E-state index is 13.2. The zero-order valence-electron chi connectivity index (χ0n) is 6.87. The molecule has 6 heteroatoms. The van der Waals surface area contributed by atoms with Gasteiger partial charge in [-0.2, -0.15) is 8.42 Å². The van der Waals surface area contributed by atoms with Crippen LogP contribution in [-0.2, 0) is 14.9 Å². The van der Waals surface area contributed by atoms with Crippen molar-refractivity contribution < 1.29 is 22.2 Å². The molecule has 0 aromatic carbocycles. The molecule has 0 radical (unpaired) electrons. The average Bonchev–Trinajstić information content (AvgIpc) is 1.83. The predicted molar refractivity (Wildman–Crippen MR) is 41.0 cm³/mol. The Bertz CT molecular complexity index is 271. The number of rotatable bonds is 4. The van der Waals surface area contributed by atoms with E-state index in [0.29, 0.717) is 0 Å². The molecule has 0 aliphatic heterocycles. The van der Waals surface area contributed by atoms with Crippen molar-refractivity contribution in [3.05, 3.63) is 0 Å². The predicted octanol–water partition coefficient (Wildman–Crippen LogP) is 0.929. The normalized spacial score (nSPS) is 17.0. The lowest BCUT2D eigenvalue weighted by Crippen LogP contribution is -2.34. The molecule has 0 rings (SSSR count). The second kappa shape index (κ2) is 3.49. The molecule has 0 aromatic heterocycles. The molecule has 1 atom stereocenters. The molecule has 0 amide bonds. The molecule has 1 N–H and O–H groups in total. The molecular formula is C6H11FO4S. The van der Waals surface area contributed by atoms with E-state index in [-0.39, 0.29) is 0 Å². The van der Waals surface area contributed by atoms with Crippen LogP contribution in [0.15, 0.2) is 0 Å². The Morgan fingerprint density at radius 2 is 2.00 bits per heavy atom. The van der Waals surface area contributed by atoms with E-state index in [1.165, 1.54) is 6.92 Å². The van der Waals surface area contributed by atoms with Gasteiger partial charge in [-0.15, -0.1) is 0 Å². The van der Waals surface area contributed by atoms with Crippen LogP contribution >= 0.6 is 0 Å². The smallest absolute Gasteiger partial charge is 0.300 e. The van der Waals surface area contributed by atoms with Gasteiger partial charge in [-0.3, -0.25) is 9.35 Å². The largest absolute Gasteiger partial charge is 0.300 e. The minimum Gasteiger partial charge on any atom is -0.300 e. The van der Waals surface area contributed by atoms with Crippen molar-refractivity contribution in [2.45, 2.75) is 31.7 Å². The zero-order valence-corrected chi connectivity index (χ0v) is 7.69. The van der Waals surface area contributed by atoms with E-state index in [9.17, 15) is 17.6 Å². The van der Waals surface area contributed by atoms with Crippen LogP contribution in [0.25, 0.3) is 0 Å². The van der Waals surface area contributed by atoms with Gasteiger partial charge in [0.2, 0.25) is 5.00 Å². The highest BCUT2D eigenvalue weighted by molar-refractivity contribution is 7.87. The summed E-state index contributed by atoms with van der Waals surface area (Å²) in [5.74, 6) is -0.614. The van der Waals surface area contributed by atoms with Crippen molar-refractivity contribution in [3.8, 4) is 0 Å². The maximum atomic E-state index is 13.2. The third-order valence-corrected chi connectivity index (χ3v) is 2.86. The molecule has 0 bridgehead atoms. The molecule has 4 nitrogen and oxygen atoms in total. The number of carbonyl (C=O) groups is 1. The van der Waals surface area contributed by atoms with Crippen molar-refractivity contribution in [2.24, 2.45) is 0 Å². The molecule has 0 aromatic rings. The summed E-state index contributed by atoms with van der Waals surface area (Å²) in [5.41, 5.74) is 0. The van der Waals surface area contributed by atoms with Crippen LogP contribution in [0.5, 0.6) is 0 Å². The SMILES string of the molecule is CCC(F)(CC(C)=O)S(=O)(=O)O. The topological polar surface area (TPSA) is 71.4 Å². The van der Waals surface area contributed by atoms with Crippen LogP contribution in [0.3, 0.4) is 0 Å². The molecule has 0 saturated carbocycles. The minimum atomic E-state index is -4.80. The van der Waals surface area contributed by atoms with Crippen LogP contribution in [0, 0.1) is 0 Å². The molecule has 1 unspecified atom stereocenters. The Morgan fingerprint density at radius 3 is 2.08 bits per heavy atom. The highest BCUT2D eigenvalue weighted by Crippen LogP contribution is 2.26. The fraction of sp³-hybridized carbons (Fsp3) is 0.833. The lowest BCUT2D eigenvalue weighted by Gasteiger charge is -2.17. The Labute approximate surface area is 70.5 Å². The summed E-state index contributed by atoms with van der Waals surface area (Å²) in [7, 11) is -4.80. The molecule has 0 aliphatic rings. The summed E-state index contributed by atoms with van der Waals surface area (Å²) in [6, 6.07) is 0. The van der Waals surface area contributed by atoms with Crippen LogP contribution in [0.4, 0.5) is 4.39 Å². The van der Waals surface area contributed by atoms with Crippen molar-refractivity contribution in [2.75, 3.05) is 0 Å². The van der Waals surface area contributed by atoms with E-state index in [1.54, 1.807) is 0 Å². The fourth-order valence-electron chi connectivity index (χ4n) is 0.770. The number of ketones is 1. The number of hydrogen-bond acceptors (Lipinski definition) is 3. The van der Waals surface area contributed by atoms with Crippen molar-refractivity contribution in [1.29, 1.82) is 0 Å². The summed E-state index contributed by atoms with van der Waals surface area (Å²) < 4.78 is 42.5. The van der Waals surface area contributed by atoms with Gasteiger partial charge >= 0.3 is 10.1 Å². The minimum absolute atomic E-state index is 0.439. The highest BCUT2D eigenvalue weighted by atomic mass is 32.2. The van der Waals surface area contributed by atoms with Gasteiger partial charge in [0, 0.05) is 0 Å². The van der Waals surface area contributed by atoms with E-state index in [0.717, 1.165) is 6.92 Å². The molecule has 72 valence electrons. The molecular weight excluding hydrogens is 187 g/mol. The summed E-state index contributed by atoms with van der Waals surface area (Å²) in [6.07, 6.45) is -1.24. The molecule has 0 heterocycles. The van der Waals surface area contributed by atoms with Gasteiger partial charge < -0.3 is 0 Å². The maximum Gasteiger partial charge on any atom is 0.300 e. The van der Waals surface area contributed by atoms with Gasteiger partial charge in [0.1, 0.15) is 5.78 Å². The van der Waals surface area contributed by atoms with Crippen LogP contribution in [0.1, 0.15) is 26.7 Å². The summed E-state index contributed by atoms with van der Waals surface area (Å²) in [5, 5.41) is -2.82. The first-order valence-electron chi connectivity index (χ1n) is 3.38. The Balaban J connectivity index is 4.82. The number of hydrogen-bond donors (Lipinski definition) is 1. The second-order valence-electron chi connectivity index (χ2n) is 2.59. The summed E-state index contributed by atoms with van der Waals surface area (Å²) >= 11 is 0. The standard InChI is InChI=1S/C6H11FO4S/c1-3-6(7,4-5(2)8)12(9,10)11/h3-4H2,1-2H3,(H,9,10,11). The number of Topliss-reactive ketones (excluding diaryl/α,β-unsaturated/α-hetero) is 1. The van der Waals surface area contributed by atoms with Crippen LogP contribution < -0.4 is 0 Å². The van der Waals surface area contributed by atoms with Gasteiger partial charge in [-0.25, -0.2) is 4.39 Å². The van der Waals surface area contributed by atoms with Crippen molar-refractivity contribution in [1.82, 2.24) is 0 Å². The van der Waals surface area contributed by atoms with Gasteiger partial charge in [0.15, 0.2) is 0 Å². The lowest BCUT2D eigenvalue weighted by atomic mass is 10.1. The van der Waals surface area contributed by atoms with Gasteiger partial charge in [0.05, 0.1) is 6.42 Å². The lowest BCUT2D eigenvalue weighted by molar-refractivity contribution is -0.118. The average molecular weight is 198 g/mol. The van der Waals surface area contributed by atoms with E-state index >= 15 is 0 Å². The Hall–Kier alpha value is -0.490. The molecule has 0 saturated heterocycles. The number of halogens is 1. The number of alkyl halides is 1.